The van der Waals surface area contributed by atoms with Gasteiger partial charge in [0.25, 0.3) is 0 Å². The van der Waals surface area contributed by atoms with Crippen molar-refractivity contribution >= 4 is 21.5 Å². The van der Waals surface area contributed by atoms with Crippen molar-refractivity contribution in [3.8, 4) is 0 Å². The molecule has 1 saturated heterocycles. The number of halogens is 1. The van der Waals surface area contributed by atoms with Gasteiger partial charge >= 0.3 is 0 Å². The summed E-state index contributed by atoms with van der Waals surface area (Å²) in [6, 6.07) is 29.7. The van der Waals surface area contributed by atoms with Crippen molar-refractivity contribution in [1.29, 1.82) is 0 Å². The monoisotopic (exact) mass is 433 g/mol. The number of rotatable bonds is 5. The molecule has 1 heterocycles. The molecule has 0 bridgehead atoms. The van der Waals surface area contributed by atoms with Crippen LogP contribution in [0.2, 0.25) is 0 Å². The van der Waals surface area contributed by atoms with Gasteiger partial charge < -0.3 is 4.74 Å². The summed E-state index contributed by atoms with van der Waals surface area (Å²) in [5.74, 6) is 1.09. The maximum Gasteiger partial charge on any atom is 0.114 e. The molecular formula is C25H24BrNO. The minimum absolute atomic E-state index is 0.731. The van der Waals surface area contributed by atoms with Crippen molar-refractivity contribution in [2.24, 2.45) is 0 Å². The van der Waals surface area contributed by atoms with Crippen LogP contribution in [0.25, 0.3) is 5.57 Å². The standard InChI is InChI=1S/C25H24BrNO/c26-24-14-8-7-13-22(24)17-23(21-11-5-2-6-12-21)25-19-27(15-16-28-25)18-20-9-3-1-4-10-20/h1-14H,15-19H2/b25-23-. The highest BCUT2D eigenvalue weighted by atomic mass is 79.9. The van der Waals surface area contributed by atoms with Crippen LogP contribution in [0.5, 0.6) is 0 Å². The number of hydrogen-bond donors (Lipinski definition) is 0. The first kappa shape index (κ1) is 19.0. The van der Waals surface area contributed by atoms with E-state index < -0.39 is 0 Å². The molecule has 3 aromatic carbocycles. The number of nitrogens with zero attached hydrogens (tertiary/aromatic N) is 1. The van der Waals surface area contributed by atoms with Crippen LogP contribution in [0.4, 0.5) is 0 Å². The van der Waals surface area contributed by atoms with Gasteiger partial charge in [0.05, 0.1) is 6.54 Å². The predicted molar refractivity (Wildman–Crippen MR) is 119 cm³/mol. The van der Waals surface area contributed by atoms with Gasteiger partial charge in [-0.15, -0.1) is 0 Å². The molecular weight excluding hydrogens is 410 g/mol. The normalized spacial score (nSPS) is 16.5. The summed E-state index contributed by atoms with van der Waals surface area (Å²) in [6.45, 7) is 3.47. The third-order valence-corrected chi connectivity index (χ3v) is 5.86. The summed E-state index contributed by atoms with van der Waals surface area (Å²) in [6.07, 6.45) is 0.847. The molecule has 142 valence electrons. The fourth-order valence-electron chi connectivity index (χ4n) is 3.62. The molecule has 4 rings (SSSR count). The second kappa shape index (κ2) is 9.22. The van der Waals surface area contributed by atoms with Crippen LogP contribution in [0.1, 0.15) is 16.7 Å². The van der Waals surface area contributed by atoms with E-state index >= 15 is 0 Å². The summed E-state index contributed by atoms with van der Waals surface area (Å²) < 4.78 is 7.34. The lowest BCUT2D eigenvalue weighted by atomic mass is 9.96. The molecule has 0 atom stereocenters. The lowest BCUT2D eigenvalue weighted by molar-refractivity contribution is 0.0906. The van der Waals surface area contributed by atoms with Gasteiger partial charge in [-0.2, -0.15) is 0 Å². The van der Waals surface area contributed by atoms with Gasteiger partial charge in [-0.05, 0) is 22.8 Å². The van der Waals surface area contributed by atoms with E-state index in [0.717, 1.165) is 42.9 Å². The highest BCUT2D eigenvalue weighted by Crippen LogP contribution is 2.29. The second-order valence-corrected chi connectivity index (χ2v) is 7.93. The molecule has 0 aliphatic carbocycles. The zero-order valence-electron chi connectivity index (χ0n) is 15.9. The number of allylic oxidation sites excluding steroid dienone is 1. The largest absolute Gasteiger partial charge is 0.495 e. The molecule has 3 heteroatoms. The quantitative estimate of drug-likeness (QED) is 0.493. The molecule has 0 N–H and O–H groups in total. The highest BCUT2D eigenvalue weighted by Gasteiger charge is 2.20. The molecule has 2 nitrogen and oxygen atoms in total. The molecule has 0 amide bonds. The van der Waals surface area contributed by atoms with E-state index in [4.69, 9.17) is 4.74 Å². The maximum atomic E-state index is 6.20. The van der Waals surface area contributed by atoms with Crippen molar-refractivity contribution < 1.29 is 4.74 Å². The van der Waals surface area contributed by atoms with Crippen LogP contribution >= 0.6 is 15.9 Å². The second-order valence-electron chi connectivity index (χ2n) is 7.08. The van der Waals surface area contributed by atoms with Crippen molar-refractivity contribution in [3.05, 3.63) is 112 Å². The van der Waals surface area contributed by atoms with Crippen molar-refractivity contribution in [1.82, 2.24) is 4.90 Å². The fraction of sp³-hybridized carbons (Fsp3) is 0.200. The third-order valence-electron chi connectivity index (χ3n) is 5.08. The van der Waals surface area contributed by atoms with E-state index in [2.05, 4.69) is 106 Å². The SMILES string of the molecule is Brc1ccccc1C/C(=C1\CN(Cc2ccccc2)CCO1)c1ccccc1. The summed E-state index contributed by atoms with van der Waals surface area (Å²) in [4.78, 5) is 2.47. The zero-order valence-corrected chi connectivity index (χ0v) is 17.4. The lowest BCUT2D eigenvalue weighted by Crippen LogP contribution is -2.35. The van der Waals surface area contributed by atoms with E-state index in [1.165, 1.54) is 22.3 Å². The predicted octanol–water partition coefficient (Wildman–Crippen LogP) is 5.94. The van der Waals surface area contributed by atoms with E-state index in [0.29, 0.717) is 0 Å². The number of morpholine rings is 1. The third kappa shape index (κ3) is 4.73. The summed E-state index contributed by atoms with van der Waals surface area (Å²) in [5.41, 5.74) is 5.12. The van der Waals surface area contributed by atoms with Gasteiger partial charge in [-0.3, -0.25) is 4.90 Å². The van der Waals surface area contributed by atoms with Gasteiger partial charge in [0.1, 0.15) is 12.4 Å². The molecule has 28 heavy (non-hydrogen) atoms. The fourth-order valence-corrected chi connectivity index (χ4v) is 4.04. The Kier molecular flexibility index (Phi) is 6.25. The first-order valence-corrected chi connectivity index (χ1v) is 10.5. The zero-order chi connectivity index (χ0) is 19.2. The topological polar surface area (TPSA) is 12.5 Å². The summed E-state index contributed by atoms with van der Waals surface area (Å²) in [5, 5.41) is 0. The summed E-state index contributed by atoms with van der Waals surface area (Å²) in [7, 11) is 0. The first-order chi connectivity index (χ1) is 13.8. The molecule has 0 radical (unpaired) electrons. The molecule has 1 fully saturated rings. The number of benzene rings is 3. The minimum Gasteiger partial charge on any atom is -0.495 e. The van der Waals surface area contributed by atoms with Crippen molar-refractivity contribution in [2.45, 2.75) is 13.0 Å². The minimum atomic E-state index is 0.731. The summed E-state index contributed by atoms with van der Waals surface area (Å²) >= 11 is 3.70. The Balaban J connectivity index is 1.64. The Morgan fingerprint density at radius 2 is 1.54 bits per heavy atom. The van der Waals surface area contributed by atoms with Gasteiger partial charge in [0.15, 0.2) is 0 Å². The van der Waals surface area contributed by atoms with Crippen LogP contribution in [0, 0.1) is 0 Å². The van der Waals surface area contributed by atoms with Crippen LogP contribution in [-0.2, 0) is 17.7 Å². The van der Waals surface area contributed by atoms with Crippen LogP contribution in [0.15, 0.2) is 95.2 Å². The van der Waals surface area contributed by atoms with Crippen molar-refractivity contribution in [2.75, 3.05) is 19.7 Å². The van der Waals surface area contributed by atoms with E-state index in [1.54, 1.807) is 0 Å². The molecule has 3 aromatic rings. The van der Waals surface area contributed by atoms with Crippen LogP contribution < -0.4 is 0 Å². The highest BCUT2D eigenvalue weighted by molar-refractivity contribution is 9.10. The molecule has 0 spiro atoms. The smallest absolute Gasteiger partial charge is 0.114 e. The Morgan fingerprint density at radius 1 is 0.857 bits per heavy atom. The molecule has 0 unspecified atom stereocenters. The molecule has 1 aliphatic heterocycles. The molecule has 0 aromatic heterocycles. The van der Waals surface area contributed by atoms with Crippen LogP contribution in [0.3, 0.4) is 0 Å². The van der Waals surface area contributed by atoms with Gasteiger partial charge in [-0.1, -0.05) is 94.8 Å². The van der Waals surface area contributed by atoms with E-state index in [1.807, 2.05) is 0 Å². The number of ether oxygens (including phenoxy) is 1. The lowest BCUT2D eigenvalue weighted by Gasteiger charge is -2.31. The van der Waals surface area contributed by atoms with E-state index in [-0.39, 0.29) is 0 Å². The molecule has 0 saturated carbocycles. The average Bonchev–Trinajstić information content (AvgIpc) is 2.75. The van der Waals surface area contributed by atoms with E-state index in [9.17, 15) is 0 Å². The van der Waals surface area contributed by atoms with Gasteiger partial charge in [0.2, 0.25) is 0 Å². The average molecular weight is 434 g/mol. The Morgan fingerprint density at radius 3 is 2.29 bits per heavy atom. The van der Waals surface area contributed by atoms with Gasteiger partial charge in [0, 0.05) is 29.6 Å². The molecule has 1 aliphatic rings. The Labute approximate surface area is 175 Å². The Bertz CT molecular complexity index is 937. The van der Waals surface area contributed by atoms with Crippen molar-refractivity contribution in [3.63, 3.8) is 0 Å². The number of hydrogen-bond acceptors (Lipinski definition) is 2. The van der Waals surface area contributed by atoms with Gasteiger partial charge in [-0.25, -0.2) is 0 Å². The maximum absolute atomic E-state index is 6.20. The Hall–Kier alpha value is -2.36. The van der Waals surface area contributed by atoms with Crippen LogP contribution in [-0.4, -0.2) is 24.6 Å². The first-order valence-electron chi connectivity index (χ1n) is 9.69.